The van der Waals surface area contributed by atoms with Crippen molar-refractivity contribution in [2.75, 3.05) is 0 Å². The minimum atomic E-state index is -1.98. The molecular formula is C49H41GeIrN3O2-2. The molecule has 0 aliphatic carbocycles. The van der Waals surface area contributed by atoms with Crippen LogP contribution in [-0.4, -0.2) is 27.8 Å². The molecule has 7 heteroatoms. The third-order valence-electron chi connectivity index (χ3n) is 10.1. The van der Waals surface area contributed by atoms with Crippen LogP contribution in [0.5, 0.6) is 0 Å². The van der Waals surface area contributed by atoms with Crippen LogP contribution in [0.25, 0.3) is 83.2 Å². The largest absolute Gasteiger partial charge is 0.476 e. The van der Waals surface area contributed by atoms with Crippen molar-refractivity contribution < 1.29 is 28.9 Å². The van der Waals surface area contributed by atoms with Crippen LogP contribution in [-0.2, 0) is 26.5 Å². The van der Waals surface area contributed by atoms with Crippen LogP contribution < -0.4 is 4.40 Å². The molecule has 0 fully saturated rings. The maximum Gasteiger partial charge on any atom is 0.123 e. The summed E-state index contributed by atoms with van der Waals surface area (Å²) in [7, 11) is 0. The molecule has 0 aliphatic heterocycles. The molecule has 0 unspecified atom stereocenters. The molecule has 0 bridgehead atoms. The summed E-state index contributed by atoms with van der Waals surface area (Å²) in [5, 5.41) is 4.45. The topological polar surface area (TPSA) is 57.0 Å². The Balaban J connectivity index is 0.000000155. The first-order valence-electron chi connectivity index (χ1n) is 18.9. The number of hydrogen-bond donors (Lipinski definition) is 0. The molecule has 0 amide bonds. The number of imidazole rings is 1. The second-order valence-electron chi connectivity index (χ2n) is 15.6. The predicted octanol–water partition coefficient (Wildman–Crippen LogP) is 12.6. The molecule has 5 nitrogen and oxygen atoms in total. The third kappa shape index (κ3) is 7.02. The molecule has 0 atom stereocenters. The quantitative estimate of drug-likeness (QED) is 0.123. The molecule has 0 saturated carbocycles. The summed E-state index contributed by atoms with van der Waals surface area (Å²) in [6, 6.07) is 52.0. The van der Waals surface area contributed by atoms with Crippen molar-refractivity contribution in [1.29, 1.82) is 0 Å². The molecule has 4 aromatic heterocycles. The summed E-state index contributed by atoms with van der Waals surface area (Å²) >= 11 is -1.98. The van der Waals surface area contributed by atoms with Gasteiger partial charge in [-0.15, -0.1) is 17.7 Å². The van der Waals surface area contributed by atoms with Crippen LogP contribution in [0, 0.1) is 18.1 Å². The number of hydrogen-bond acceptors (Lipinski definition) is 4. The van der Waals surface area contributed by atoms with Crippen LogP contribution in [0.4, 0.5) is 0 Å². The van der Waals surface area contributed by atoms with Crippen LogP contribution >= 0.6 is 0 Å². The van der Waals surface area contributed by atoms with Gasteiger partial charge in [0.25, 0.3) is 0 Å². The summed E-state index contributed by atoms with van der Waals surface area (Å²) in [5.74, 6) is 8.79. The Hall–Kier alpha value is -5.27. The van der Waals surface area contributed by atoms with E-state index in [-0.39, 0.29) is 20.1 Å². The zero-order chi connectivity index (χ0) is 37.7. The normalized spacial score (nSPS) is 11.8. The third-order valence-corrected chi connectivity index (χ3v) is 14.5. The minimum absolute atomic E-state index is 0. The van der Waals surface area contributed by atoms with E-state index < -0.39 is 13.3 Å². The maximum absolute atomic E-state index is 6.20. The Bertz CT molecular complexity index is 2990. The molecule has 10 aromatic rings. The van der Waals surface area contributed by atoms with E-state index >= 15 is 0 Å². The predicted molar refractivity (Wildman–Crippen MR) is 230 cm³/mol. The van der Waals surface area contributed by atoms with E-state index in [0.29, 0.717) is 5.92 Å². The molecular weight excluding hydrogens is 927 g/mol. The van der Waals surface area contributed by atoms with Gasteiger partial charge in [-0.25, -0.2) is 0 Å². The van der Waals surface area contributed by atoms with E-state index in [1.807, 2.05) is 84.9 Å². The molecule has 0 N–H and O–H groups in total. The molecule has 56 heavy (non-hydrogen) atoms. The summed E-state index contributed by atoms with van der Waals surface area (Å²) < 4.78 is 16.0. The maximum atomic E-state index is 6.20. The van der Waals surface area contributed by atoms with Crippen molar-refractivity contribution in [1.82, 2.24) is 14.5 Å². The van der Waals surface area contributed by atoms with Gasteiger partial charge in [0.05, 0.1) is 22.4 Å². The number of furan rings is 2. The molecule has 0 spiro atoms. The molecule has 279 valence electrons. The van der Waals surface area contributed by atoms with Gasteiger partial charge >= 0.3 is 164 Å². The molecule has 0 aliphatic rings. The van der Waals surface area contributed by atoms with E-state index in [4.69, 9.17) is 18.8 Å². The van der Waals surface area contributed by atoms with E-state index in [9.17, 15) is 0 Å². The van der Waals surface area contributed by atoms with Crippen LogP contribution in [0.2, 0.25) is 17.3 Å². The van der Waals surface area contributed by atoms with E-state index in [1.54, 1.807) is 0 Å². The van der Waals surface area contributed by atoms with Gasteiger partial charge in [-0.1, -0.05) is 60.0 Å². The summed E-state index contributed by atoms with van der Waals surface area (Å²) in [4.78, 5) is 9.77. The van der Waals surface area contributed by atoms with Crippen molar-refractivity contribution in [2.45, 2.75) is 37.5 Å². The number of fused-ring (bicyclic) bond motifs is 7. The monoisotopic (exact) mass is 970 g/mol. The van der Waals surface area contributed by atoms with E-state index in [0.717, 1.165) is 89.7 Å². The number of aromatic nitrogens is 3. The zero-order valence-electron chi connectivity index (χ0n) is 32.1. The average molecular weight is 969 g/mol. The number of nitrogens with zero attached hydrogens (tertiary/aromatic N) is 3. The van der Waals surface area contributed by atoms with E-state index in [2.05, 4.69) is 103 Å². The molecule has 4 heterocycles. The zero-order valence-corrected chi connectivity index (χ0v) is 36.5. The molecule has 6 aromatic carbocycles. The van der Waals surface area contributed by atoms with Crippen LogP contribution in [0.3, 0.4) is 0 Å². The van der Waals surface area contributed by atoms with Gasteiger partial charge in [0.15, 0.2) is 0 Å². The Labute approximate surface area is 343 Å². The van der Waals surface area contributed by atoms with Crippen LogP contribution in [0.1, 0.15) is 19.4 Å². The Morgan fingerprint density at radius 2 is 1.38 bits per heavy atom. The summed E-state index contributed by atoms with van der Waals surface area (Å²) in [6.07, 6.45) is 3.21. The van der Waals surface area contributed by atoms with Crippen molar-refractivity contribution in [3.8, 4) is 28.3 Å². The first-order valence-corrected chi connectivity index (χ1v) is 26.3. The minimum Gasteiger partial charge on any atom is -0.476 e. The van der Waals surface area contributed by atoms with Gasteiger partial charge in [0, 0.05) is 25.8 Å². The van der Waals surface area contributed by atoms with Crippen LogP contribution in [0.15, 0.2) is 148 Å². The summed E-state index contributed by atoms with van der Waals surface area (Å²) in [5.41, 5.74) is 10.9. The number of para-hydroxylation sites is 5. The Morgan fingerprint density at radius 1 is 0.696 bits per heavy atom. The smallest absolute Gasteiger partial charge is 0.123 e. The summed E-state index contributed by atoms with van der Waals surface area (Å²) in [6.45, 7) is 4.57. The molecule has 0 saturated heterocycles. The second-order valence-corrected chi connectivity index (χ2v) is 26.2. The molecule has 1 radical (unpaired) electrons. The first kappa shape index (κ1) is 37.6. The molecule has 10 rings (SSSR count). The average Bonchev–Trinajstić information content (AvgIpc) is 3.89. The fraction of sp³-hybridized carbons (Fsp3) is 0.143. The first-order chi connectivity index (χ1) is 26.7. The van der Waals surface area contributed by atoms with E-state index in [1.165, 1.54) is 9.96 Å². The Kier molecular flexibility index (Phi) is 10.3. The van der Waals surface area contributed by atoms with Crippen molar-refractivity contribution in [3.63, 3.8) is 0 Å². The van der Waals surface area contributed by atoms with Gasteiger partial charge in [-0.05, 0) is 35.7 Å². The van der Waals surface area contributed by atoms with Gasteiger partial charge < -0.3 is 8.98 Å². The van der Waals surface area contributed by atoms with Gasteiger partial charge in [-0.3, -0.25) is 4.98 Å². The van der Waals surface area contributed by atoms with Crippen molar-refractivity contribution in [3.05, 3.63) is 157 Å². The van der Waals surface area contributed by atoms with Gasteiger partial charge in [0.2, 0.25) is 0 Å². The number of benzene rings is 6. The number of rotatable bonds is 6. The van der Waals surface area contributed by atoms with Gasteiger partial charge in [-0.2, -0.15) is 0 Å². The second kappa shape index (κ2) is 15.3. The van der Waals surface area contributed by atoms with Gasteiger partial charge in [0.1, 0.15) is 5.58 Å². The fourth-order valence-corrected chi connectivity index (χ4v) is 11.0. The van der Waals surface area contributed by atoms with Crippen molar-refractivity contribution >= 4 is 72.6 Å². The Morgan fingerprint density at radius 3 is 2.12 bits per heavy atom. The standard InChI is InChI=1S/C25H15N2O.C24H26GeNO.Ir/c1-2-8-18(9-3-1)27-22-12-6-5-11-21(22)26-25(27)17-14-15-20-19-10-4-7-13-23(19)28-24(20)16-17;1-16(2)13-17-14-22(26-15-21(17)25(3,4)5)20-11-8-10-19-18-9-6-7-12-23(18)27-24(19)20;/h1-13,15-16H;6-10,12,14-16H,13H2,1-5H3;/q2*-1;. The fourth-order valence-electron chi connectivity index (χ4n) is 7.64. The van der Waals surface area contributed by atoms with Crippen molar-refractivity contribution in [2.24, 2.45) is 5.92 Å². The SMILES string of the molecule is CC(C)Cc1cc(-c2[c-]ccc3c2oc2ccccc23)nc[c]1[Ge]([CH3])([CH3])[CH3].[Ir].[c-]1cc2c(cc1-c1nc3ccccc3n1-c1ccccc1)oc1ccccc12. The number of pyridine rings is 1.